The van der Waals surface area contributed by atoms with Crippen LogP contribution in [-0.2, 0) is 4.74 Å². The van der Waals surface area contributed by atoms with Crippen LogP contribution in [0.15, 0.2) is 0 Å². The maximum atomic E-state index is 8.04. The van der Waals surface area contributed by atoms with E-state index >= 15 is 0 Å². The fraction of sp³-hybridized carbons (Fsp3) is 1.00. The minimum Gasteiger partial charge on any atom is -0.374 e. The van der Waals surface area contributed by atoms with E-state index in [-0.39, 0.29) is 12.2 Å². The third-order valence-corrected chi connectivity index (χ3v) is 4.05. The van der Waals surface area contributed by atoms with Gasteiger partial charge in [0.1, 0.15) is 0 Å². The molecule has 0 spiro atoms. The van der Waals surface area contributed by atoms with E-state index in [1.807, 2.05) is 0 Å². The molecule has 0 aromatic heterocycles. The van der Waals surface area contributed by atoms with Crippen LogP contribution in [0.2, 0.25) is 0 Å². The minimum absolute atomic E-state index is 0.0650. The summed E-state index contributed by atoms with van der Waals surface area (Å²) in [7, 11) is 0. The topological polar surface area (TPSA) is 9.23 Å². The van der Waals surface area contributed by atoms with Gasteiger partial charge in [-0.3, -0.25) is 0 Å². The van der Waals surface area contributed by atoms with Gasteiger partial charge in [-0.1, -0.05) is 27.7 Å². The molecule has 4 atom stereocenters. The molecule has 1 heteroatoms. The van der Waals surface area contributed by atoms with Crippen molar-refractivity contribution < 1.29 is 6.11 Å². The van der Waals surface area contributed by atoms with Crippen molar-refractivity contribution in [3.8, 4) is 0 Å². The van der Waals surface area contributed by atoms with Gasteiger partial charge in [0.15, 0.2) is 0 Å². The summed E-state index contributed by atoms with van der Waals surface area (Å²) >= 11 is 0. The van der Waals surface area contributed by atoms with Gasteiger partial charge in [-0.15, -0.1) is 0 Å². The van der Waals surface area contributed by atoms with Crippen molar-refractivity contribution in [2.45, 2.75) is 59.0 Å². The second-order valence-electron chi connectivity index (χ2n) is 6.36. The smallest absolute Gasteiger partial charge is 0.0716 e. The van der Waals surface area contributed by atoms with E-state index < -0.39 is 0 Å². The maximum Gasteiger partial charge on any atom is 0.0716 e. The molecule has 88 valence electrons. The van der Waals surface area contributed by atoms with Gasteiger partial charge in [0.05, 0.1) is 13.6 Å². The monoisotopic (exact) mass is 211 g/mol. The van der Waals surface area contributed by atoms with Gasteiger partial charge in [-0.05, 0) is 49.4 Å². The number of ether oxygens (including phenoxy) is 1. The highest BCUT2D eigenvalue weighted by molar-refractivity contribution is 5.03. The highest BCUT2D eigenvalue weighted by Gasteiger charge is 2.54. The average molecular weight is 211 g/mol. The van der Waals surface area contributed by atoms with Crippen LogP contribution in [0.5, 0.6) is 0 Å². The van der Waals surface area contributed by atoms with Crippen molar-refractivity contribution in [2.24, 2.45) is 23.7 Å². The molecule has 0 amide bonds. The summed E-state index contributed by atoms with van der Waals surface area (Å²) in [5.74, 6) is 2.57. The summed E-state index contributed by atoms with van der Waals surface area (Å²) in [6.45, 7) is 8.89. The molecule has 0 N–H and O–H groups in total. The number of hydrogen-bond donors (Lipinski definition) is 0. The third-order valence-electron chi connectivity index (χ3n) is 4.05. The highest BCUT2D eigenvalue weighted by Crippen LogP contribution is 2.54. The van der Waals surface area contributed by atoms with Gasteiger partial charge in [0, 0.05) is 0 Å². The molecule has 0 radical (unpaired) electrons. The lowest BCUT2D eigenvalue weighted by molar-refractivity contribution is -0.0488. The molecule has 2 rings (SSSR count). The summed E-state index contributed by atoms with van der Waals surface area (Å²) in [5, 5.41) is 0. The number of rotatable bonds is 4. The van der Waals surface area contributed by atoms with E-state index in [1.165, 1.54) is 19.3 Å². The zero-order valence-electron chi connectivity index (χ0n) is 11.6. The van der Waals surface area contributed by atoms with Crippen LogP contribution < -0.4 is 0 Å². The Morgan fingerprint density at radius 2 is 2.07 bits per heavy atom. The van der Waals surface area contributed by atoms with Crippen LogP contribution in [0.1, 0.15) is 54.7 Å². The molecule has 2 aliphatic rings. The lowest BCUT2D eigenvalue weighted by atomic mass is 9.78. The Balaban J connectivity index is 2.14. The molecule has 4 unspecified atom stereocenters. The molecule has 15 heavy (non-hydrogen) atoms. The molecule has 1 aliphatic carbocycles. The van der Waals surface area contributed by atoms with E-state index in [4.69, 9.17) is 6.11 Å². The van der Waals surface area contributed by atoms with E-state index in [1.54, 1.807) is 0 Å². The number of fused-ring (bicyclic) bond motifs is 2. The fourth-order valence-corrected chi connectivity index (χ4v) is 3.61. The summed E-state index contributed by atoms with van der Waals surface area (Å²) in [4.78, 5) is 0. The lowest BCUT2D eigenvalue weighted by Gasteiger charge is -2.33. The first-order valence-corrected chi connectivity index (χ1v) is 6.54. The molecule has 2 fully saturated rings. The van der Waals surface area contributed by atoms with E-state index in [2.05, 4.69) is 27.7 Å². The Morgan fingerprint density at radius 1 is 1.33 bits per heavy atom. The van der Waals surface area contributed by atoms with Crippen LogP contribution in [0.25, 0.3) is 0 Å². The predicted molar refractivity (Wildman–Crippen MR) is 63.8 cm³/mol. The fourth-order valence-electron chi connectivity index (χ4n) is 3.61. The summed E-state index contributed by atoms with van der Waals surface area (Å²) < 4.78 is 14.1. The highest BCUT2D eigenvalue weighted by atomic mass is 16.5. The predicted octanol–water partition coefficient (Wildman–Crippen LogP) is 3.87. The molecular weight excluding hydrogens is 184 g/mol. The average Bonchev–Trinajstić information content (AvgIpc) is 2.54. The molecule has 1 heterocycles. The van der Waals surface area contributed by atoms with Crippen molar-refractivity contribution >= 4 is 0 Å². The van der Waals surface area contributed by atoms with Crippen molar-refractivity contribution in [1.82, 2.24) is 0 Å². The lowest BCUT2D eigenvalue weighted by Crippen LogP contribution is -2.35. The molecule has 2 bridgehead atoms. The number of hydrogen-bond acceptors (Lipinski definition) is 1. The van der Waals surface area contributed by atoms with Gasteiger partial charge in [0.25, 0.3) is 0 Å². The van der Waals surface area contributed by atoms with Crippen LogP contribution in [-0.4, -0.2) is 12.2 Å². The van der Waals surface area contributed by atoms with Crippen LogP contribution in [0.4, 0.5) is 0 Å². The summed E-state index contributed by atoms with van der Waals surface area (Å²) in [5.41, 5.74) is 0.0650. The van der Waals surface area contributed by atoms with Crippen molar-refractivity contribution in [2.75, 3.05) is 6.58 Å². The second kappa shape index (κ2) is 4.08. The van der Waals surface area contributed by atoms with Gasteiger partial charge >= 0.3 is 0 Å². The first kappa shape index (κ1) is 10.1. The minimum atomic E-state index is -0.240. The molecule has 0 aromatic carbocycles. The summed E-state index contributed by atoms with van der Waals surface area (Å²) in [6, 6.07) is 0. The quantitative estimate of drug-likeness (QED) is 0.686. The first-order chi connectivity index (χ1) is 7.44. The Morgan fingerprint density at radius 3 is 2.60 bits per heavy atom. The Kier molecular flexibility index (Phi) is 2.76. The Bertz CT molecular complexity index is 251. The molecule has 0 aromatic rings. The van der Waals surface area contributed by atoms with Crippen LogP contribution in [0, 0.1) is 23.7 Å². The SMILES string of the molecule is [2H]C1OC2(CC(C)C)CCC1C2CC(C)C. The van der Waals surface area contributed by atoms with E-state index in [0.717, 1.165) is 12.3 Å². The van der Waals surface area contributed by atoms with E-state index in [0.29, 0.717) is 17.8 Å². The molecule has 1 saturated heterocycles. The van der Waals surface area contributed by atoms with Gasteiger partial charge in [-0.2, -0.15) is 0 Å². The zero-order valence-corrected chi connectivity index (χ0v) is 10.6. The van der Waals surface area contributed by atoms with Crippen LogP contribution >= 0.6 is 0 Å². The Labute approximate surface area is 96.0 Å². The van der Waals surface area contributed by atoms with Gasteiger partial charge < -0.3 is 4.74 Å². The molecule has 1 saturated carbocycles. The summed E-state index contributed by atoms with van der Waals surface area (Å²) in [6.07, 6.45) is 4.81. The third kappa shape index (κ3) is 2.08. The Hall–Kier alpha value is -0.0400. The standard InChI is InChI=1S/C14H26O/c1-10(2)7-13-12-5-6-14(13,15-9-12)8-11(3)4/h10-13H,5-9H2,1-4H3/i9D. The largest absolute Gasteiger partial charge is 0.374 e. The molecular formula is C14H26O. The molecule has 1 aliphatic heterocycles. The zero-order chi connectivity index (χ0) is 11.9. The maximum absolute atomic E-state index is 8.04. The van der Waals surface area contributed by atoms with Crippen molar-refractivity contribution in [1.29, 1.82) is 0 Å². The van der Waals surface area contributed by atoms with E-state index in [9.17, 15) is 0 Å². The molecule has 1 nitrogen and oxygen atoms in total. The second-order valence-corrected chi connectivity index (χ2v) is 6.36. The van der Waals surface area contributed by atoms with Gasteiger partial charge in [0.2, 0.25) is 0 Å². The van der Waals surface area contributed by atoms with Crippen molar-refractivity contribution in [3.05, 3.63) is 0 Å². The normalized spacial score (nSPS) is 45.5. The first-order valence-electron chi connectivity index (χ1n) is 7.12. The van der Waals surface area contributed by atoms with Crippen molar-refractivity contribution in [3.63, 3.8) is 0 Å². The van der Waals surface area contributed by atoms with Crippen LogP contribution in [0.3, 0.4) is 0 Å². The van der Waals surface area contributed by atoms with Gasteiger partial charge in [-0.25, -0.2) is 0 Å².